The number of aromatic nitrogens is 2. The van der Waals surface area contributed by atoms with Gasteiger partial charge in [-0.15, -0.1) is 0 Å². The van der Waals surface area contributed by atoms with Crippen LogP contribution < -0.4 is 5.73 Å². The Balaban J connectivity index is 1.45. The number of nitrogens with zero attached hydrogens (tertiary/aromatic N) is 1. The summed E-state index contributed by atoms with van der Waals surface area (Å²) in [5, 5.41) is 2.45. The molecule has 0 amide bonds. The maximum atomic E-state index is 12.4. The van der Waals surface area contributed by atoms with Crippen molar-refractivity contribution in [2.24, 2.45) is 5.73 Å². The van der Waals surface area contributed by atoms with Crippen molar-refractivity contribution < 1.29 is 4.79 Å². The normalized spacial score (nSPS) is 12.2. The van der Waals surface area contributed by atoms with E-state index in [0.717, 1.165) is 16.8 Å². The fourth-order valence-corrected chi connectivity index (χ4v) is 3.26. The number of hydrogen-bond acceptors (Lipinski definition) is 3. The summed E-state index contributed by atoms with van der Waals surface area (Å²) in [7, 11) is 0. The van der Waals surface area contributed by atoms with Crippen LogP contribution in [0.25, 0.3) is 21.9 Å². The second kappa shape index (κ2) is 7.56. The molecular weight excluding hydrogens is 334 g/mol. The number of benzene rings is 3. The van der Waals surface area contributed by atoms with Crippen molar-refractivity contribution in [1.82, 2.24) is 9.97 Å². The molecular formula is C23H21N3O. The Hall–Kier alpha value is -3.24. The van der Waals surface area contributed by atoms with E-state index in [1.165, 1.54) is 16.3 Å². The fourth-order valence-electron chi connectivity index (χ4n) is 3.26. The highest BCUT2D eigenvalue weighted by Gasteiger charge is 2.15. The highest BCUT2D eigenvalue weighted by Crippen LogP contribution is 2.25. The number of imidazole rings is 1. The van der Waals surface area contributed by atoms with Gasteiger partial charge in [-0.3, -0.25) is 4.79 Å². The van der Waals surface area contributed by atoms with Crippen LogP contribution in [0.4, 0.5) is 0 Å². The van der Waals surface area contributed by atoms with E-state index in [2.05, 4.69) is 52.4 Å². The summed E-state index contributed by atoms with van der Waals surface area (Å²) in [5.41, 5.74) is 10.2. The topological polar surface area (TPSA) is 71.8 Å². The molecule has 0 spiro atoms. The summed E-state index contributed by atoms with van der Waals surface area (Å²) >= 11 is 0. The summed E-state index contributed by atoms with van der Waals surface area (Å²) in [6.45, 7) is 0. The predicted molar refractivity (Wildman–Crippen MR) is 108 cm³/mol. The number of carbonyl (C=O) groups is 1. The van der Waals surface area contributed by atoms with Crippen LogP contribution in [-0.4, -0.2) is 21.8 Å². The Morgan fingerprint density at radius 2 is 1.70 bits per heavy atom. The SMILES string of the molecule is N[C@@H](Cc1cnc[nH]1)C(=O)Cc1ccc(-c2ccc3ccccc3c2)cc1. The molecule has 0 aliphatic carbocycles. The zero-order valence-corrected chi connectivity index (χ0v) is 14.9. The third kappa shape index (κ3) is 3.96. The van der Waals surface area contributed by atoms with Gasteiger partial charge in [0.1, 0.15) is 0 Å². The Morgan fingerprint density at radius 1 is 0.963 bits per heavy atom. The standard InChI is InChI=1S/C23H21N3O/c24-22(13-21-14-25-15-26-21)23(27)11-16-5-7-18(8-6-16)20-10-9-17-3-1-2-4-19(17)12-20/h1-10,12,14-15,22H,11,13,24H2,(H,25,26)/t22-/m0/s1. The van der Waals surface area contributed by atoms with Crippen molar-refractivity contribution in [3.63, 3.8) is 0 Å². The number of nitrogens with two attached hydrogens (primary N) is 1. The Morgan fingerprint density at radius 3 is 2.44 bits per heavy atom. The maximum Gasteiger partial charge on any atom is 0.154 e. The van der Waals surface area contributed by atoms with Gasteiger partial charge in [0, 0.05) is 24.7 Å². The van der Waals surface area contributed by atoms with Gasteiger partial charge >= 0.3 is 0 Å². The van der Waals surface area contributed by atoms with Gasteiger partial charge in [0.2, 0.25) is 0 Å². The lowest BCUT2D eigenvalue weighted by Gasteiger charge is -2.10. The molecule has 4 aromatic rings. The number of hydrogen-bond donors (Lipinski definition) is 2. The van der Waals surface area contributed by atoms with Crippen molar-refractivity contribution in [1.29, 1.82) is 0 Å². The number of fused-ring (bicyclic) bond motifs is 1. The van der Waals surface area contributed by atoms with Crippen LogP contribution in [0.2, 0.25) is 0 Å². The number of nitrogens with one attached hydrogen (secondary N) is 1. The van der Waals surface area contributed by atoms with Gasteiger partial charge < -0.3 is 10.7 Å². The minimum absolute atomic E-state index is 0.0306. The van der Waals surface area contributed by atoms with Crippen molar-refractivity contribution in [3.05, 3.63) is 90.5 Å². The molecule has 0 aliphatic rings. The Labute approximate surface area is 158 Å². The molecule has 0 radical (unpaired) electrons. The summed E-state index contributed by atoms with van der Waals surface area (Å²) in [4.78, 5) is 19.3. The average molecular weight is 355 g/mol. The smallest absolute Gasteiger partial charge is 0.154 e. The summed E-state index contributed by atoms with van der Waals surface area (Å²) < 4.78 is 0. The average Bonchev–Trinajstić information content (AvgIpc) is 3.21. The van der Waals surface area contributed by atoms with Gasteiger partial charge in [-0.25, -0.2) is 4.98 Å². The largest absolute Gasteiger partial charge is 0.348 e. The molecule has 1 aromatic heterocycles. The lowest BCUT2D eigenvalue weighted by atomic mass is 9.97. The summed E-state index contributed by atoms with van der Waals surface area (Å²) in [5.74, 6) is 0.0306. The van der Waals surface area contributed by atoms with Gasteiger partial charge in [-0.1, -0.05) is 60.7 Å². The number of carbonyl (C=O) groups excluding carboxylic acids is 1. The second-order valence-corrected chi connectivity index (χ2v) is 6.79. The monoisotopic (exact) mass is 355 g/mol. The first-order valence-electron chi connectivity index (χ1n) is 9.03. The van der Waals surface area contributed by atoms with Gasteiger partial charge in [0.15, 0.2) is 5.78 Å². The molecule has 4 nitrogen and oxygen atoms in total. The molecule has 0 saturated heterocycles. The van der Waals surface area contributed by atoms with Crippen LogP contribution in [0.15, 0.2) is 79.3 Å². The lowest BCUT2D eigenvalue weighted by Crippen LogP contribution is -2.34. The molecule has 1 atom stereocenters. The molecule has 27 heavy (non-hydrogen) atoms. The molecule has 4 heteroatoms. The zero-order chi connectivity index (χ0) is 18.6. The number of ketones is 1. The van der Waals surface area contributed by atoms with E-state index in [1.807, 2.05) is 24.3 Å². The minimum Gasteiger partial charge on any atom is -0.348 e. The molecule has 0 fully saturated rings. The fraction of sp³-hybridized carbons (Fsp3) is 0.130. The van der Waals surface area contributed by atoms with Crippen molar-refractivity contribution in [2.45, 2.75) is 18.9 Å². The first-order chi connectivity index (χ1) is 13.2. The molecule has 134 valence electrons. The van der Waals surface area contributed by atoms with E-state index in [-0.39, 0.29) is 5.78 Å². The highest BCUT2D eigenvalue weighted by molar-refractivity contribution is 5.88. The number of H-pyrrole nitrogens is 1. The second-order valence-electron chi connectivity index (χ2n) is 6.79. The van der Waals surface area contributed by atoms with Crippen LogP contribution in [-0.2, 0) is 17.6 Å². The van der Waals surface area contributed by atoms with E-state index in [0.29, 0.717) is 12.8 Å². The third-order valence-corrected chi connectivity index (χ3v) is 4.82. The highest BCUT2D eigenvalue weighted by atomic mass is 16.1. The van der Waals surface area contributed by atoms with Crippen LogP contribution in [0.5, 0.6) is 0 Å². The molecule has 0 aliphatic heterocycles. The van der Waals surface area contributed by atoms with Crippen LogP contribution in [0, 0.1) is 0 Å². The number of rotatable bonds is 6. The molecule has 3 N–H and O–H groups in total. The van der Waals surface area contributed by atoms with Crippen LogP contribution in [0.1, 0.15) is 11.3 Å². The molecule has 4 rings (SSSR count). The first-order valence-corrected chi connectivity index (χ1v) is 9.03. The molecule has 3 aromatic carbocycles. The molecule has 0 bridgehead atoms. The van der Waals surface area contributed by atoms with Crippen molar-refractivity contribution in [3.8, 4) is 11.1 Å². The lowest BCUT2D eigenvalue weighted by molar-refractivity contribution is -0.119. The quantitative estimate of drug-likeness (QED) is 0.551. The Bertz CT molecular complexity index is 1050. The molecule has 0 saturated carbocycles. The molecule has 1 heterocycles. The minimum atomic E-state index is -0.523. The van der Waals surface area contributed by atoms with Gasteiger partial charge in [-0.2, -0.15) is 0 Å². The summed E-state index contributed by atoms with van der Waals surface area (Å²) in [6, 6.07) is 22.4. The van der Waals surface area contributed by atoms with Crippen molar-refractivity contribution in [2.75, 3.05) is 0 Å². The van der Waals surface area contributed by atoms with E-state index >= 15 is 0 Å². The van der Waals surface area contributed by atoms with E-state index in [9.17, 15) is 4.79 Å². The Kier molecular flexibility index (Phi) is 4.81. The first kappa shape index (κ1) is 17.2. The van der Waals surface area contributed by atoms with E-state index < -0.39 is 6.04 Å². The third-order valence-electron chi connectivity index (χ3n) is 4.82. The van der Waals surface area contributed by atoms with Crippen LogP contribution in [0.3, 0.4) is 0 Å². The summed E-state index contributed by atoms with van der Waals surface area (Å²) in [6.07, 6.45) is 4.12. The maximum absolute atomic E-state index is 12.4. The van der Waals surface area contributed by atoms with E-state index in [1.54, 1.807) is 12.5 Å². The van der Waals surface area contributed by atoms with E-state index in [4.69, 9.17) is 5.73 Å². The number of aromatic amines is 1. The van der Waals surface area contributed by atoms with Gasteiger partial charge in [0.25, 0.3) is 0 Å². The zero-order valence-electron chi connectivity index (χ0n) is 14.9. The van der Waals surface area contributed by atoms with Gasteiger partial charge in [-0.05, 0) is 33.5 Å². The van der Waals surface area contributed by atoms with Crippen molar-refractivity contribution >= 4 is 16.6 Å². The van der Waals surface area contributed by atoms with Gasteiger partial charge in [0.05, 0.1) is 12.4 Å². The molecule has 0 unspecified atom stereocenters. The predicted octanol–water partition coefficient (Wildman–Crippen LogP) is 3.91. The van der Waals surface area contributed by atoms with Crippen LogP contribution >= 0.6 is 0 Å². The number of Topliss-reactive ketones (excluding diaryl/α,β-unsaturated/α-hetero) is 1.